The Kier molecular flexibility index (Phi) is 8.80. The van der Waals surface area contributed by atoms with Crippen molar-refractivity contribution >= 4 is 50.7 Å². The molecule has 202 valence electrons. The second-order valence-corrected chi connectivity index (χ2v) is 9.34. The highest BCUT2D eigenvalue weighted by molar-refractivity contribution is 7.74. The molecule has 39 heavy (non-hydrogen) atoms. The molecule has 0 bridgehead atoms. The Morgan fingerprint density at radius 3 is 1.92 bits per heavy atom. The van der Waals surface area contributed by atoms with Gasteiger partial charge in [0.1, 0.15) is 0 Å². The second kappa shape index (κ2) is 12.4. The van der Waals surface area contributed by atoms with Gasteiger partial charge in [-0.25, -0.2) is 22.3 Å². The monoisotopic (exact) mass is 548 g/mol. The molecule has 0 aromatic heterocycles. The maximum absolute atomic E-state index is 12.7. The summed E-state index contributed by atoms with van der Waals surface area (Å²) in [5, 5.41) is 4.62. The van der Waals surface area contributed by atoms with E-state index in [9.17, 15) is 18.0 Å². The van der Waals surface area contributed by atoms with Crippen molar-refractivity contribution in [3.63, 3.8) is 0 Å². The zero-order valence-corrected chi connectivity index (χ0v) is 22.5. The van der Waals surface area contributed by atoms with Crippen LogP contribution >= 0.6 is 0 Å². The standard InChI is InChI=1S/C29H28N2O7S/c1-36-27(29(33)38-3)20-13-15-21(16-14-20)31(39(34)35)25-18-17-24(22-11-7-8-12-23(22)25)30-26(28(32)37-2)19-9-5-4-6-10-19/h4-18,26-27,30,39H,1-3H3/t26-,27-/m0/s1. The van der Waals surface area contributed by atoms with Gasteiger partial charge in [-0.05, 0) is 35.4 Å². The minimum atomic E-state index is -3.09. The summed E-state index contributed by atoms with van der Waals surface area (Å²) < 4.78 is 41.3. The van der Waals surface area contributed by atoms with E-state index in [1.165, 1.54) is 25.6 Å². The van der Waals surface area contributed by atoms with Gasteiger partial charge in [0.25, 0.3) is 0 Å². The number of rotatable bonds is 10. The molecule has 0 unspecified atom stereocenters. The number of methoxy groups -OCH3 is 3. The fourth-order valence-corrected chi connectivity index (χ4v) is 5.05. The van der Waals surface area contributed by atoms with E-state index in [4.69, 9.17) is 14.2 Å². The van der Waals surface area contributed by atoms with E-state index in [2.05, 4.69) is 5.32 Å². The maximum atomic E-state index is 12.7. The minimum Gasteiger partial charge on any atom is -0.467 e. The van der Waals surface area contributed by atoms with Crippen LogP contribution < -0.4 is 9.62 Å². The maximum Gasteiger partial charge on any atom is 0.339 e. The summed E-state index contributed by atoms with van der Waals surface area (Å²) in [4.78, 5) is 24.7. The number of anilines is 3. The number of esters is 2. The Morgan fingerprint density at radius 2 is 1.33 bits per heavy atom. The third-order valence-electron chi connectivity index (χ3n) is 6.25. The van der Waals surface area contributed by atoms with Crippen molar-refractivity contribution < 1.29 is 32.2 Å². The lowest BCUT2D eigenvalue weighted by atomic mass is 10.0. The molecule has 9 nitrogen and oxygen atoms in total. The summed E-state index contributed by atoms with van der Waals surface area (Å²) in [5.41, 5.74) is 2.67. The Bertz CT molecular complexity index is 1530. The van der Waals surface area contributed by atoms with Gasteiger partial charge in [-0.15, -0.1) is 0 Å². The van der Waals surface area contributed by atoms with Gasteiger partial charge >= 0.3 is 11.9 Å². The van der Waals surface area contributed by atoms with Gasteiger partial charge in [-0.2, -0.15) is 0 Å². The van der Waals surface area contributed by atoms with Crippen LogP contribution in [0.5, 0.6) is 0 Å². The van der Waals surface area contributed by atoms with Crippen molar-refractivity contribution in [3.05, 3.63) is 102 Å². The van der Waals surface area contributed by atoms with Crippen molar-refractivity contribution in [1.82, 2.24) is 0 Å². The van der Waals surface area contributed by atoms with E-state index in [0.717, 1.165) is 5.56 Å². The Balaban J connectivity index is 1.76. The van der Waals surface area contributed by atoms with E-state index in [1.54, 1.807) is 36.4 Å². The molecule has 0 aliphatic carbocycles. The lowest BCUT2D eigenvalue weighted by Crippen LogP contribution is -2.22. The molecule has 0 radical (unpaired) electrons. The summed E-state index contributed by atoms with van der Waals surface area (Å²) in [7, 11) is 0.892. The molecule has 1 N–H and O–H groups in total. The first-order valence-corrected chi connectivity index (χ1v) is 13.1. The lowest BCUT2D eigenvalue weighted by Gasteiger charge is -2.23. The molecular weight excluding hydrogens is 520 g/mol. The van der Waals surface area contributed by atoms with E-state index in [0.29, 0.717) is 33.4 Å². The molecule has 4 aromatic carbocycles. The molecule has 0 heterocycles. The molecule has 10 heteroatoms. The average Bonchev–Trinajstić information content (AvgIpc) is 2.97. The molecule has 0 aliphatic heterocycles. The molecule has 2 atom stereocenters. The van der Waals surface area contributed by atoms with E-state index in [1.807, 2.05) is 54.6 Å². The number of thiol groups is 1. The largest absolute Gasteiger partial charge is 0.467 e. The van der Waals surface area contributed by atoms with Crippen LogP contribution in [0.2, 0.25) is 0 Å². The molecule has 0 saturated heterocycles. The third-order valence-corrected chi connectivity index (χ3v) is 7.03. The Hall–Kier alpha value is -4.41. The first-order valence-electron chi connectivity index (χ1n) is 12.0. The number of nitrogens with zero attached hydrogens (tertiary/aromatic N) is 1. The fraction of sp³-hybridized carbons (Fsp3) is 0.172. The number of fused-ring (bicyclic) bond motifs is 1. The molecule has 4 aromatic rings. The van der Waals surface area contributed by atoms with Crippen LogP contribution in [0.1, 0.15) is 23.3 Å². The highest BCUT2D eigenvalue weighted by Crippen LogP contribution is 2.38. The first-order chi connectivity index (χ1) is 18.9. The van der Waals surface area contributed by atoms with Gasteiger partial charge in [-0.3, -0.25) is 0 Å². The van der Waals surface area contributed by atoms with Crippen LogP contribution in [0.25, 0.3) is 10.8 Å². The van der Waals surface area contributed by atoms with Gasteiger partial charge < -0.3 is 19.5 Å². The molecule has 0 aliphatic rings. The number of ether oxygens (including phenoxy) is 3. The van der Waals surface area contributed by atoms with Gasteiger partial charge in [0.2, 0.25) is 10.9 Å². The van der Waals surface area contributed by atoms with Crippen LogP contribution in [0.4, 0.5) is 17.1 Å². The Labute approximate surface area is 228 Å². The number of carbonyl (C=O) groups is 2. The number of benzene rings is 4. The second-order valence-electron chi connectivity index (χ2n) is 8.47. The number of nitrogens with one attached hydrogen (secondary N) is 1. The van der Waals surface area contributed by atoms with Crippen molar-refractivity contribution in [2.45, 2.75) is 12.1 Å². The number of hydrogen-bond acceptors (Lipinski definition) is 8. The van der Waals surface area contributed by atoms with Crippen LogP contribution in [0, 0.1) is 0 Å². The lowest BCUT2D eigenvalue weighted by molar-refractivity contribution is -0.152. The summed E-state index contributed by atoms with van der Waals surface area (Å²) in [6, 6.07) is 25.5. The van der Waals surface area contributed by atoms with Crippen LogP contribution in [0.15, 0.2) is 91.0 Å². The van der Waals surface area contributed by atoms with Gasteiger partial charge in [0, 0.05) is 23.6 Å². The summed E-state index contributed by atoms with van der Waals surface area (Å²) in [5.74, 6) is -1.02. The highest BCUT2D eigenvalue weighted by Gasteiger charge is 2.24. The van der Waals surface area contributed by atoms with Crippen LogP contribution in [0.3, 0.4) is 0 Å². The van der Waals surface area contributed by atoms with E-state index >= 15 is 0 Å². The van der Waals surface area contributed by atoms with Gasteiger partial charge in [-0.1, -0.05) is 66.7 Å². The summed E-state index contributed by atoms with van der Waals surface area (Å²) >= 11 is 0. The smallest absolute Gasteiger partial charge is 0.339 e. The van der Waals surface area contributed by atoms with Gasteiger partial charge in [0.05, 0.1) is 25.6 Å². The molecule has 0 saturated carbocycles. The average molecular weight is 549 g/mol. The number of carbonyl (C=O) groups excluding carboxylic acids is 2. The SMILES string of the molecule is COC(=O)[C@@H](Nc1ccc(N(c2ccc([C@H](OC)C(=O)OC)cc2)[SH](=O)=O)c2ccccc12)c1ccccc1. The normalized spacial score (nSPS) is 12.5. The Morgan fingerprint density at radius 1 is 0.718 bits per heavy atom. The van der Waals surface area contributed by atoms with Crippen molar-refractivity contribution in [2.24, 2.45) is 0 Å². The number of hydrogen-bond donors (Lipinski definition) is 2. The van der Waals surface area contributed by atoms with Gasteiger partial charge in [0.15, 0.2) is 12.1 Å². The van der Waals surface area contributed by atoms with Crippen LogP contribution in [-0.2, 0) is 34.7 Å². The quantitative estimate of drug-likeness (QED) is 0.217. The van der Waals surface area contributed by atoms with Crippen molar-refractivity contribution in [3.8, 4) is 0 Å². The summed E-state index contributed by atoms with van der Waals surface area (Å²) in [6.07, 6.45) is -0.933. The van der Waals surface area contributed by atoms with E-state index < -0.39 is 35.0 Å². The predicted octanol–water partition coefficient (Wildman–Crippen LogP) is 4.69. The predicted molar refractivity (Wildman–Crippen MR) is 149 cm³/mol. The molecule has 0 fully saturated rings. The zero-order valence-electron chi connectivity index (χ0n) is 21.6. The highest BCUT2D eigenvalue weighted by atomic mass is 32.2. The minimum absolute atomic E-state index is 0.372. The molecule has 0 amide bonds. The molecule has 4 rings (SSSR count). The fourth-order valence-electron chi connectivity index (χ4n) is 4.38. The molecular formula is C29H28N2O7S. The summed E-state index contributed by atoms with van der Waals surface area (Å²) in [6.45, 7) is 0. The zero-order chi connectivity index (χ0) is 27.9. The molecule has 0 spiro atoms. The topological polar surface area (TPSA) is 111 Å². The van der Waals surface area contributed by atoms with E-state index in [-0.39, 0.29) is 0 Å². The third kappa shape index (κ3) is 5.87. The van der Waals surface area contributed by atoms with Crippen molar-refractivity contribution in [1.29, 1.82) is 0 Å². The first kappa shape index (κ1) is 27.6. The van der Waals surface area contributed by atoms with Crippen molar-refractivity contribution in [2.75, 3.05) is 31.0 Å². The van der Waals surface area contributed by atoms with Crippen LogP contribution in [-0.4, -0.2) is 41.7 Å².